The van der Waals surface area contributed by atoms with Gasteiger partial charge in [-0.25, -0.2) is 9.97 Å². The third-order valence-corrected chi connectivity index (χ3v) is 5.49. The van der Waals surface area contributed by atoms with E-state index in [4.69, 9.17) is 32.7 Å². The van der Waals surface area contributed by atoms with Crippen LogP contribution in [0.25, 0.3) is 10.2 Å². The van der Waals surface area contributed by atoms with Crippen molar-refractivity contribution in [2.24, 2.45) is 0 Å². The van der Waals surface area contributed by atoms with Gasteiger partial charge in [0.15, 0.2) is 22.3 Å². The molecule has 0 saturated carbocycles. The van der Waals surface area contributed by atoms with Crippen molar-refractivity contribution in [1.29, 1.82) is 0 Å². The summed E-state index contributed by atoms with van der Waals surface area (Å²) in [6.45, 7) is 0. The van der Waals surface area contributed by atoms with Crippen LogP contribution in [0.1, 0.15) is 10.5 Å². The summed E-state index contributed by atoms with van der Waals surface area (Å²) in [6, 6.07) is 11.7. The van der Waals surface area contributed by atoms with Gasteiger partial charge < -0.3 is 14.6 Å². The second-order valence-electron chi connectivity index (χ2n) is 5.99. The Balaban J connectivity index is 1.56. The number of nitrogens with zero attached hydrogens (tertiary/aromatic N) is 2. The summed E-state index contributed by atoms with van der Waals surface area (Å²) in [5.74, 6) is 0.240. The molecule has 0 unspecified atom stereocenters. The molecule has 2 N–H and O–H groups in total. The van der Waals surface area contributed by atoms with Crippen LogP contribution in [0.2, 0.25) is 10.0 Å². The van der Waals surface area contributed by atoms with Gasteiger partial charge in [-0.15, -0.1) is 0 Å². The molecule has 1 amide bonds. The first kappa shape index (κ1) is 20.2. The maximum absolute atomic E-state index is 12.5. The highest BCUT2D eigenvalue weighted by Gasteiger charge is 2.18. The number of ether oxygens (including phenoxy) is 2. The van der Waals surface area contributed by atoms with E-state index in [9.17, 15) is 9.90 Å². The van der Waals surface area contributed by atoms with Crippen molar-refractivity contribution >= 4 is 55.8 Å². The van der Waals surface area contributed by atoms with E-state index in [1.807, 2.05) is 0 Å². The maximum atomic E-state index is 12.5. The molecule has 4 aromatic rings. The number of methoxy groups -OCH3 is 1. The van der Waals surface area contributed by atoms with Gasteiger partial charge in [-0.2, -0.15) is 0 Å². The molecule has 0 fully saturated rings. The van der Waals surface area contributed by atoms with Crippen molar-refractivity contribution in [3.63, 3.8) is 0 Å². The lowest BCUT2D eigenvalue weighted by Crippen LogP contribution is -2.13. The van der Waals surface area contributed by atoms with Gasteiger partial charge in [0.2, 0.25) is 0 Å². The third kappa shape index (κ3) is 4.11. The Kier molecular flexibility index (Phi) is 5.63. The van der Waals surface area contributed by atoms with E-state index < -0.39 is 5.91 Å². The van der Waals surface area contributed by atoms with Crippen molar-refractivity contribution in [3.05, 3.63) is 64.4 Å². The topological polar surface area (TPSA) is 93.6 Å². The molecule has 0 aliphatic heterocycles. The Morgan fingerprint density at radius 3 is 2.73 bits per heavy atom. The highest BCUT2D eigenvalue weighted by Crippen LogP contribution is 2.35. The summed E-state index contributed by atoms with van der Waals surface area (Å²) in [5.41, 5.74) is 0.516. The summed E-state index contributed by atoms with van der Waals surface area (Å²) in [7, 11) is 1.39. The number of aromatic hydroxyl groups is 1. The predicted octanol–water partition coefficient (Wildman–Crippen LogP) is 5.76. The number of benzene rings is 2. The molecule has 0 spiro atoms. The Bertz CT molecular complexity index is 1260. The molecule has 30 heavy (non-hydrogen) atoms. The van der Waals surface area contributed by atoms with Crippen LogP contribution in [-0.4, -0.2) is 28.1 Å². The molecule has 10 heteroatoms. The van der Waals surface area contributed by atoms with E-state index in [1.54, 1.807) is 36.4 Å². The lowest BCUT2D eigenvalue weighted by atomic mass is 10.3. The van der Waals surface area contributed by atoms with Gasteiger partial charge in [0.25, 0.3) is 5.91 Å². The summed E-state index contributed by atoms with van der Waals surface area (Å²) < 4.78 is 11.6. The minimum absolute atomic E-state index is 0.155. The minimum Gasteiger partial charge on any atom is -0.503 e. The van der Waals surface area contributed by atoms with Gasteiger partial charge in [0.05, 0.1) is 22.3 Å². The molecular weight excluding hydrogens is 449 g/mol. The van der Waals surface area contributed by atoms with E-state index in [0.29, 0.717) is 32.2 Å². The van der Waals surface area contributed by atoms with Gasteiger partial charge in [0.1, 0.15) is 11.5 Å². The van der Waals surface area contributed by atoms with Crippen LogP contribution in [0.3, 0.4) is 0 Å². The number of nitrogens with one attached hydrogen (secondary N) is 1. The number of carbonyl (C=O) groups is 1. The fourth-order valence-corrected chi connectivity index (χ4v) is 3.97. The molecule has 0 aliphatic rings. The van der Waals surface area contributed by atoms with Gasteiger partial charge in [0, 0.05) is 23.4 Å². The molecule has 7 nitrogen and oxygen atoms in total. The van der Waals surface area contributed by atoms with Crippen LogP contribution in [0, 0.1) is 0 Å². The lowest BCUT2D eigenvalue weighted by Gasteiger charge is -2.07. The van der Waals surface area contributed by atoms with E-state index in [1.165, 1.54) is 30.7 Å². The normalized spacial score (nSPS) is 10.8. The SMILES string of the molecule is COc1ccnc(C(=O)Nc2nc3ccc(Oc4ccc(Cl)cc4Cl)cc3s2)c1O. The quantitative estimate of drug-likeness (QED) is 0.392. The highest BCUT2D eigenvalue weighted by atomic mass is 35.5. The number of aromatic nitrogens is 2. The fourth-order valence-electron chi connectivity index (χ4n) is 2.63. The van der Waals surface area contributed by atoms with Gasteiger partial charge in [-0.3, -0.25) is 10.1 Å². The molecule has 0 saturated heterocycles. The predicted molar refractivity (Wildman–Crippen MR) is 117 cm³/mol. The van der Waals surface area contributed by atoms with Crippen LogP contribution in [0.4, 0.5) is 5.13 Å². The molecule has 152 valence electrons. The summed E-state index contributed by atoms with van der Waals surface area (Å²) in [6.07, 6.45) is 1.37. The molecule has 0 atom stereocenters. The van der Waals surface area contributed by atoms with Gasteiger partial charge in [-0.1, -0.05) is 34.5 Å². The minimum atomic E-state index is -0.602. The molecule has 0 radical (unpaired) electrons. The van der Waals surface area contributed by atoms with Crippen molar-refractivity contribution in [2.75, 3.05) is 12.4 Å². The highest BCUT2D eigenvalue weighted by molar-refractivity contribution is 7.22. The van der Waals surface area contributed by atoms with Crippen molar-refractivity contribution in [2.45, 2.75) is 0 Å². The second-order valence-corrected chi connectivity index (χ2v) is 7.86. The van der Waals surface area contributed by atoms with Crippen LogP contribution < -0.4 is 14.8 Å². The number of pyridine rings is 1. The van der Waals surface area contributed by atoms with E-state index >= 15 is 0 Å². The average molecular weight is 462 g/mol. The number of hydrogen-bond donors (Lipinski definition) is 2. The fraction of sp³-hybridized carbons (Fsp3) is 0.0500. The van der Waals surface area contributed by atoms with Crippen molar-refractivity contribution < 1.29 is 19.4 Å². The number of thiazole rings is 1. The third-order valence-electron chi connectivity index (χ3n) is 4.02. The Morgan fingerprint density at radius 2 is 1.97 bits per heavy atom. The Hall–Kier alpha value is -3.07. The number of fused-ring (bicyclic) bond motifs is 1. The van der Waals surface area contributed by atoms with Gasteiger partial charge >= 0.3 is 0 Å². The Morgan fingerprint density at radius 1 is 1.13 bits per heavy atom. The number of rotatable bonds is 5. The molecule has 2 aromatic heterocycles. The van der Waals surface area contributed by atoms with E-state index in [-0.39, 0.29) is 17.2 Å². The largest absolute Gasteiger partial charge is 0.503 e. The zero-order valence-electron chi connectivity index (χ0n) is 15.3. The van der Waals surface area contributed by atoms with Crippen LogP contribution in [0.5, 0.6) is 23.0 Å². The van der Waals surface area contributed by atoms with Crippen molar-refractivity contribution in [1.82, 2.24) is 9.97 Å². The second kappa shape index (κ2) is 8.35. The lowest BCUT2D eigenvalue weighted by molar-refractivity contribution is 0.101. The van der Waals surface area contributed by atoms with Crippen LogP contribution in [0.15, 0.2) is 48.7 Å². The first-order valence-electron chi connectivity index (χ1n) is 8.51. The number of anilines is 1. The zero-order valence-corrected chi connectivity index (χ0v) is 17.7. The van der Waals surface area contributed by atoms with E-state index in [0.717, 1.165) is 4.70 Å². The molecule has 2 aromatic carbocycles. The average Bonchev–Trinajstić information content (AvgIpc) is 3.11. The van der Waals surface area contributed by atoms with Crippen molar-refractivity contribution in [3.8, 4) is 23.0 Å². The number of carbonyl (C=O) groups excluding carboxylic acids is 1. The summed E-state index contributed by atoms with van der Waals surface area (Å²) in [4.78, 5) is 20.8. The van der Waals surface area contributed by atoms with Crippen LogP contribution in [-0.2, 0) is 0 Å². The summed E-state index contributed by atoms with van der Waals surface area (Å²) in [5, 5.41) is 14.0. The molecule has 0 aliphatic carbocycles. The van der Waals surface area contributed by atoms with E-state index in [2.05, 4.69) is 15.3 Å². The molecule has 2 heterocycles. The number of hydrogen-bond acceptors (Lipinski definition) is 7. The zero-order chi connectivity index (χ0) is 21.3. The molecular formula is C20H13Cl2N3O4S. The maximum Gasteiger partial charge on any atom is 0.280 e. The van der Waals surface area contributed by atoms with Gasteiger partial charge in [-0.05, 0) is 30.3 Å². The molecule has 0 bridgehead atoms. The summed E-state index contributed by atoms with van der Waals surface area (Å²) >= 11 is 13.3. The first-order chi connectivity index (χ1) is 14.4. The van der Waals surface area contributed by atoms with Crippen LogP contribution >= 0.6 is 34.5 Å². The smallest absolute Gasteiger partial charge is 0.280 e. The number of halogens is 2. The monoisotopic (exact) mass is 461 g/mol. The molecule has 4 rings (SSSR count). The Labute approximate surface area is 184 Å². The first-order valence-corrected chi connectivity index (χ1v) is 10.1. The number of amides is 1. The standard InChI is InChI=1S/C20H13Cl2N3O4S/c1-28-15-6-7-23-17(18(15)26)19(27)25-20-24-13-4-3-11(9-16(13)30-20)29-14-5-2-10(21)8-12(14)22/h2-9,26H,1H3,(H,24,25,27).